The Morgan fingerprint density at radius 3 is 2.74 bits per heavy atom. The van der Waals surface area contributed by atoms with Gasteiger partial charge in [-0.25, -0.2) is 0 Å². The normalized spacial score (nSPS) is 22.8. The number of nitrogens with zero attached hydrogens (tertiary/aromatic N) is 2. The monoisotopic (exact) mass is 461 g/mol. The molecule has 0 saturated carbocycles. The first-order chi connectivity index (χ1) is 16.6. The summed E-state index contributed by atoms with van der Waals surface area (Å²) in [6.07, 6.45) is 3.72. The number of hydrogen-bond acceptors (Lipinski definition) is 3. The highest BCUT2D eigenvalue weighted by Crippen LogP contribution is 2.43. The first-order valence-electron chi connectivity index (χ1n) is 12.7. The summed E-state index contributed by atoms with van der Waals surface area (Å²) in [5, 5.41) is 1.33. The van der Waals surface area contributed by atoms with Gasteiger partial charge in [-0.15, -0.1) is 0 Å². The molecule has 1 fully saturated rings. The Kier molecular flexibility index (Phi) is 6.64. The van der Waals surface area contributed by atoms with Crippen LogP contribution in [0.2, 0.25) is 0 Å². The molecule has 3 aromatic rings. The summed E-state index contributed by atoms with van der Waals surface area (Å²) < 4.78 is 18.8. The van der Waals surface area contributed by atoms with Crippen molar-refractivity contribution in [1.82, 2.24) is 14.8 Å². The lowest BCUT2D eigenvalue weighted by molar-refractivity contribution is 0.193. The van der Waals surface area contributed by atoms with E-state index in [2.05, 4.69) is 83.7 Å². The van der Waals surface area contributed by atoms with Crippen molar-refractivity contribution in [2.45, 2.75) is 57.7 Å². The zero-order valence-corrected chi connectivity index (χ0v) is 20.4. The predicted octanol–water partition coefficient (Wildman–Crippen LogP) is 6.24. The number of benzene rings is 2. The molecule has 2 aliphatic heterocycles. The lowest BCUT2D eigenvalue weighted by Gasteiger charge is -2.43. The van der Waals surface area contributed by atoms with E-state index < -0.39 is 0 Å². The van der Waals surface area contributed by atoms with Crippen molar-refractivity contribution in [1.29, 1.82) is 0 Å². The van der Waals surface area contributed by atoms with Crippen molar-refractivity contribution in [2.75, 3.05) is 26.3 Å². The van der Waals surface area contributed by atoms with Gasteiger partial charge in [-0.05, 0) is 61.9 Å². The van der Waals surface area contributed by atoms with Gasteiger partial charge in [0.1, 0.15) is 11.9 Å². The highest BCUT2D eigenvalue weighted by molar-refractivity contribution is 5.85. The van der Waals surface area contributed by atoms with E-state index in [1.54, 1.807) is 0 Å². The fourth-order valence-electron chi connectivity index (χ4n) is 5.77. The Bertz CT molecular complexity index is 1140. The quantitative estimate of drug-likeness (QED) is 0.431. The molecule has 1 N–H and O–H groups in total. The lowest BCUT2D eigenvalue weighted by atomic mass is 9.88. The number of nitrogens with one attached hydrogen (secondary N) is 1. The number of H-pyrrole nitrogens is 1. The molecular formula is C29H36FN3O. The summed E-state index contributed by atoms with van der Waals surface area (Å²) in [4.78, 5) is 8.54. The summed E-state index contributed by atoms with van der Waals surface area (Å²) in [5.74, 6) is 0.905. The minimum atomic E-state index is -0.247. The van der Waals surface area contributed by atoms with Crippen molar-refractivity contribution in [3.63, 3.8) is 0 Å². The molecule has 3 heterocycles. The standard InChI is InChI=1S/C29H36FN3O/c1-4-20(2)33-21(3)18-26-25-8-5-6-9-27(25)31-28(26)29(33)22-10-12-23(13-11-22)34-24-14-17-32(19-24)16-7-15-30/h5-6,8-13,21,24,29,31H,2,4,7,14-19H2,1,3H3/t21-,24+,29-/m1/s1. The van der Waals surface area contributed by atoms with Crippen LogP contribution in [-0.2, 0) is 6.42 Å². The molecule has 0 bridgehead atoms. The Morgan fingerprint density at radius 1 is 1.18 bits per heavy atom. The maximum Gasteiger partial charge on any atom is 0.119 e. The number of fused-ring (bicyclic) bond motifs is 3. The van der Waals surface area contributed by atoms with Crippen molar-refractivity contribution in [2.24, 2.45) is 0 Å². The summed E-state index contributed by atoms with van der Waals surface area (Å²) in [5.41, 5.74) is 6.32. The van der Waals surface area contributed by atoms with Crippen LogP contribution in [0, 0.1) is 0 Å². The van der Waals surface area contributed by atoms with Gasteiger partial charge in [-0.2, -0.15) is 0 Å². The zero-order valence-electron chi connectivity index (χ0n) is 20.4. The van der Waals surface area contributed by atoms with E-state index in [0.717, 1.165) is 44.6 Å². The minimum absolute atomic E-state index is 0.107. The molecule has 5 rings (SSSR count). The van der Waals surface area contributed by atoms with Gasteiger partial charge >= 0.3 is 0 Å². The second-order valence-electron chi connectivity index (χ2n) is 9.79. The second kappa shape index (κ2) is 9.83. The van der Waals surface area contributed by atoms with Gasteiger partial charge in [0.15, 0.2) is 0 Å². The van der Waals surface area contributed by atoms with Crippen LogP contribution in [0.4, 0.5) is 4.39 Å². The van der Waals surface area contributed by atoms with Crippen LogP contribution in [0.1, 0.15) is 56.0 Å². The summed E-state index contributed by atoms with van der Waals surface area (Å²) in [7, 11) is 0. The molecule has 2 aliphatic rings. The van der Waals surface area contributed by atoms with Crippen LogP contribution in [0.15, 0.2) is 60.8 Å². The number of aromatic nitrogens is 1. The van der Waals surface area contributed by atoms with E-state index in [1.807, 2.05) is 0 Å². The Balaban J connectivity index is 1.41. The number of alkyl halides is 1. The zero-order chi connectivity index (χ0) is 23.7. The van der Waals surface area contributed by atoms with Crippen LogP contribution in [0.5, 0.6) is 5.75 Å². The molecule has 0 unspecified atom stereocenters. The molecule has 3 atom stereocenters. The van der Waals surface area contributed by atoms with Crippen LogP contribution in [-0.4, -0.2) is 53.2 Å². The molecule has 5 heteroatoms. The fourth-order valence-corrected chi connectivity index (χ4v) is 5.77. The van der Waals surface area contributed by atoms with Crippen molar-refractivity contribution >= 4 is 10.9 Å². The van der Waals surface area contributed by atoms with Crippen molar-refractivity contribution in [3.8, 4) is 5.75 Å². The topological polar surface area (TPSA) is 31.5 Å². The van der Waals surface area contributed by atoms with E-state index in [1.165, 1.54) is 33.4 Å². The molecule has 1 aromatic heterocycles. The predicted molar refractivity (Wildman–Crippen MR) is 137 cm³/mol. The fraction of sp³-hybridized carbons (Fsp3) is 0.448. The molecule has 0 spiro atoms. The molecule has 4 nitrogen and oxygen atoms in total. The number of allylic oxidation sites excluding steroid dienone is 1. The molecule has 0 amide bonds. The summed E-state index contributed by atoms with van der Waals surface area (Å²) in [6, 6.07) is 17.7. The Hall–Kier alpha value is -2.79. The number of ether oxygens (including phenoxy) is 1. The van der Waals surface area contributed by atoms with Gasteiger partial charge in [0.05, 0.1) is 12.7 Å². The highest BCUT2D eigenvalue weighted by Gasteiger charge is 2.36. The van der Waals surface area contributed by atoms with Crippen molar-refractivity contribution < 1.29 is 9.13 Å². The maximum atomic E-state index is 12.5. The molecule has 0 aliphatic carbocycles. The van der Waals surface area contributed by atoms with E-state index in [4.69, 9.17) is 4.74 Å². The van der Waals surface area contributed by atoms with E-state index in [0.29, 0.717) is 12.5 Å². The first-order valence-corrected chi connectivity index (χ1v) is 12.7. The summed E-state index contributed by atoms with van der Waals surface area (Å²) in [6.45, 7) is 11.4. The van der Waals surface area contributed by atoms with Gasteiger partial charge in [0, 0.05) is 48.0 Å². The Labute approximate surface area is 202 Å². The van der Waals surface area contributed by atoms with Crippen LogP contribution >= 0.6 is 0 Å². The molecule has 34 heavy (non-hydrogen) atoms. The molecule has 2 aromatic carbocycles. The lowest BCUT2D eigenvalue weighted by Crippen LogP contribution is -2.41. The number of halogens is 1. The third-order valence-electron chi connectivity index (χ3n) is 7.48. The van der Waals surface area contributed by atoms with E-state index in [9.17, 15) is 4.39 Å². The van der Waals surface area contributed by atoms with Crippen LogP contribution in [0.25, 0.3) is 10.9 Å². The third-order valence-corrected chi connectivity index (χ3v) is 7.48. The third kappa shape index (κ3) is 4.34. The number of rotatable bonds is 8. The number of hydrogen-bond donors (Lipinski definition) is 1. The average Bonchev–Trinajstić information content (AvgIpc) is 3.46. The van der Waals surface area contributed by atoms with Crippen LogP contribution < -0.4 is 4.74 Å². The maximum absolute atomic E-state index is 12.5. The van der Waals surface area contributed by atoms with Gasteiger partial charge in [0.25, 0.3) is 0 Å². The second-order valence-corrected chi connectivity index (χ2v) is 9.79. The van der Waals surface area contributed by atoms with E-state index in [-0.39, 0.29) is 18.8 Å². The SMILES string of the molecule is C=C(CC)N1[C@H](c2ccc(O[C@H]3CCN(CCCF)C3)cc2)c2[nH]c3ccccc3c2C[C@H]1C. The number of aromatic amines is 1. The van der Waals surface area contributed by atoms with Crippen LogP contribution in [0.3, 0.4) is 0 Å². The molecular weight excluding hydrogens is 425 g/mol. The van der Waals surface area contributed by atoms with E-state index >= 15 is 0 Å². The highest BCUT2D eigenvalue weighted by atomic mass is 19.1. The minimum Gasteiger partial charge on any atom is -0.489 e. The molecule has 0 radical (unpaired) electrons. The number of likely N-dealkylation sites (tertiary alicyclic amines) is 1. The number of para-hydroxylation sites is 1. The van der Waals surface area contributed by atoms with Gasteiger partial charge in [-0.3, -0.25) is 9.29 Å². The molecule has 180 valence electrons. The van der Waals surface area contributed by atoms with Gasteiger partial charge in [0.2, 0.25) is 0 Å². The average molecular weight is 462 g/mol. The largest absolute Gasteiger partial charge is 0.489 e. The van der Waals surface area contributed by atoms with Crippen molar-refractivity contribution in [3.05, 3.63) is 77.6 Å². The summed E-state index contributed by atoms with van der Waals surface area (Å²) >= 11 is 0. The molecule has 1 saturated heterocycles. The Morgan fingerprint density at radius 2 is 1.97 bits per heavy atom. The van der Waals surface area contributed by atoms with Gasteiger partial charge < -0.3 is 14.6 Å². The van der Waals surface area contributed by atoms with Gasteiger partial charge in [-0.1, -0.05) is 43.8 Å². The smallest absolute Gasteiger partial charge is 0.119 e. The first kappa shape index (κ1) is 23.0.